The lowest BCUT2D eigenvalue weighted by Crippen LogP contribution is -2.48. The van der Waals surface area contributed by atoms with Gasteiger partial charge in [-0.25, -0.2) is 5.43 Å². The fraction of sp³-hybridized carbons (Fsp3) is 0.333. The smallest absolute Gasteiger partial charge is 0.254 e. The summed E-state index contributed by atoms with van der Waals surface area (Å²) in [6, 6.07) is 15.8. The number of piperazine rings is 1. The van der Waals surface area contributed by atoms with E-state index in [-0.39, 0.29) is 5.91 Å². The first-order chi connectivity index (χ1) is 13.5. The van der Waals surface area contributed by atoms with Gasteiger partial charge < -0.3 is 0 Å². The van der Waals surface area contributed by atoms with Gasteiger partial charge in [-0.1, -0.05) is 51.8 Å². The number of carbonyl (C=O) groups excluding carboxylic acids is 1. The number of hydrogen-bond acceptors (Lipinski definition) is 4. The van der Waals surface area contributed by atoms with E-state index >= 15 is 0 Å². The van der Waals surface area contributed by atoms with Gasteiger partial charge in [-0.2, -0.15) is 5.10 Å². The van der Waals surface area contributed by atoms with E-state index < -0.39 is 0 Å². The molecule has 0 aromatic heterocycles. The van der Waals surface area contributed by atoms with E-state index in [0.29, 0.717) is 6.54 Å². The molecule has 1 fully saturated rings. The second-order valence-corrected chi connectivity index (χ2v) is 8.27. The number of halogens is 2. The molecule has 28 heavy (non-hydrogen) atoms. The predicted molar refractivity (Wildman–Crippen MR) is 118 cm³/mol. The van der Waals surface area contributed by atoms with Gasteiger partial charge in [0, 0.05) is 42.2 Å². The molecule has 0 spiro atoms. The maximum atomic E-state index is 12.2. The van der Waals surface area contributed by atoms with Gasteiger partial charge >= 0.3 is 0 Å². The molecule has 0 radical (unpaired) electrons. The highest BCUT2D eigenvalue weighted by Gasteiger charge is 2.19. The fourth-order valence-electron chi connectivity index (χ4n) is 3.09. The van der Waals surface area contributed by atoms with Crippen LogP contribution in [0.2, 0.25) is 5.02 Å². The van der Waals surface area contributed by atoms with Crippen molar-refractivity contribution in [3.8, 4) is 0 Å². The molecule has 1 heterocycles. The van der Waals surface area contributed by atoms with Gasteiger partial charge in [0.25, 0.3) is 5.91 Å². The topological polar surface area (TPSA) is 47.9 Å². The predicted octanol–water partition coefficient (Wildman–Crippen LogP) is 3.76. The molecular formula is C21H24BrClN4O. The second kappa shape index (κ2) is 10.2. The average molecular weight is 464 g/mol. The van der Waals surface area contributed by atoms with Crippen LogP contribution in [0.5, 0.6) is 0 Å². The van der Waals surface area contributed by atoms with Crippen LogP contribution in [-0.2, 0) is 11.3 Å². The molecule has 2 aromatic rings. The number of nitrogens with zero attached hydrogens (tertiary/aromatic N) is 3. The van der Waals surface area contributed by atoms with Crippen LogP contribution < -0.4 is 5.43 Å². The van der Waals surface area contributed by atoms with E-state index in [0.717, 1.165) is 53.5 Å². The van der Waals surface area contributed by atoms with Gasteiger partial charge in [0.05, 0.1) is 12.3 Å². The van der Waals surface area contributed by atoms with Crippen molar-refractivity contribution in [2.24, 2.45) is 5.10 Å². The standard InChI is InChI=1S/C21H24BrClN4O/c1-16(18-4-6-19(22)7-5-18)24-25-21(28)15-27-12-10-26(11-13-27)14-17-2-8-20(23)9-3-17/h2-9H,10-15H2,1H3,(H,25,28)/b24-16-. The maximum Gasteiger partial charge on any atom is 0.254 e. The lowest BCUT2D eigenvalue weighted by molar-refractivity contribution is -0.122. The Morgan fingerprint density at radius 1 is 1.04 bits per heavy atom. The molecule has 0 atom stereocenters. The molecule has 0 bridgehead atoms. The first-order valence-corrected chi connectivity index (χ1v) is 10.4. The fourth-order valence-corrected chi connectivity index (χ4v) is 3.48. The minimum absolute atomic E-state index is 0.0809. The van der Waals surface area contributed by atoms with Crippen LogP contribution in [-0.4, -0.2) is 54.1 Å². The minimum atomic E-state index is -0.0809. The highest BCUT2D eigenvalue weighted by molar-refractivity contribution is 9.10. The largest absolute Gasteiger partial charge is 0.297 e. The highest BCUT2D eigenvalue weighted by atomic mass is 79.9. The Hall–Kier alpha value is -1.73. The third-order valence-electron chi connectivity index (χ3n) is 4.76. The quantitative estimate of drug-likeness (QED) is 0.524. The van der Waals surface area contributed by atoms with Crippen LogP contribution in [0.15, 0.2) is 58.1 Å². The minimum Gasteiger partial charge on any atom is -0.297 e. The third kappa shape index (κ3) is 6.41. The van der Waals surface area contributed by atoms with Gasteiger partial charge in [0.2, 0.25) is 0 Å². The molecule has 1 amide bonds. The summed E-state index contributed by atoms with van der Waals surface area (Å²) < 4.78 is 1.02. The van der Waals surface area contributed by atoms with Gasteiger partial charge in [0.1, 0.15) is 0 Å². The van der Waals surface area contributed by atoms with Crippen LogP contribution in [0, 0.1) is 0 Å². The molecule has 7 heteroatoms. The summed E-state index contributed by atoms with van der Waals surface area (Å²) in [6.45, 7) is 6.79. The van der Waals surface area contributed by atoms with Gasteiger partial charge in [-0.15, -0.1) is 0 Å². The molecule has 0 saturated carbocycles. The average Bonchev–Trinajstić information content (AvgIpc) is 2.70. The van der Waals surface area contributed by atoms with Crippen LogP contribution in [0.4, 0.5) is 0 Å². The third-order valence-corrected chi connectivity index (χ3v) is 5.54. The van der Waals surface area contributed by atoms with E-state index in [4.69, 9.17) is 11.6 Å². The lowest BCUT2D eigenvalue weighted by atomic mass is 10.1. The summed E-state index contributed by atoms with van der Waals surface area (Å²) in [4.78, 5) is 16.8. The number of hydrazone groups is 1. The summed E-state index contributed by atoms with van der Waals surface area (Å²) in [5.41, 5.74) is 5.70. The Bertz CT molecular complexity index is 815. The number of hydrogen-bond donors (Lipinski definition) is 1. The number of rotatable bonds is 6. The summed E-state index contributed by atoms with van der Waals surface area (Å²) in [5, 5.41) is 4.98. The van der Waals surface area contributed by atoms with E-state index in [1.54, 1.807) is 0 Å². The van der Waals surface area contributed by atoms with Crippen molar-refractivity contribution < 1.29 is 4.79 Å². The molecule has 1 saturated heterocycles. The molecule has 5 nitrogen and oxygen atoms in total. The normalized spacial score (nSPS) is 16.2. The number of carbonyl (C=O) groups is 1. The molecule has 148 valence electrons. The van der Waals surface area contributed by atoms with Gasteiger partial charge in [-0.05, 0) is 42.3 Å². The Morgan fingerprint density at radius 3 is 2.29 bits per heavy atom. The lowest BCUT2D eigenvalue weighted by Gasteiger charge is -2.34. The summed E-state index contributed by atoms with van der Waals surface area (Å²) in [7, 11) is 0. The zero-order chi connectivity index (χ0) is 19.9. The van der Waals surface area contributed by atoms with E-state index in [9.17, 15) is 4.79 Å². The second-order valence-electron chi connectivity index (χ2n) is 6.92. The zero-order valence-corrected chi connectivity index (χ0v) is 18.2. The summed E-state index contributed by atoms with van der Waals surface area (Å²) >= 11 is 9.35. The summed E-state index contributed by atoms with van der Waals surface area (Å²) in [6.07, 6.45) is 0. The Morgan fingerprint density at radius 2 is 1.64 bits per heavy atom. The molecule has 1 aliphatic rings. The summed E-state index contributed by atoms with van der Waals surface area (Å²) in [5.74, 6) is -0.0809. The van der Waals surface area contributed by atoms with E-state index in [1.165, 1.54) is 5.56 Å². The van der Waals surface area contributed by atoms with Crippen molar-refractivity contribution in [2.45, 2.75) is 13.5 Å². The van der Waals surface area contributed by atoms with Crippen molar-refractivity contribution >= 4 is 39.1 Å². The molecule has 2 aromatic carbocycles. The zero-order valence-electron chi connectivity index (χ0n) is 15.9. The Kier molecular flexibility index (Phi) is 7.62. The van der Waals surface area contributed by atoms with Crippen LogP contribution in [0.3, 0.4) is 0 Å². The van der Waals surface area contributed by atoms with Crippen molar-refractivity contribution in [1.29, 1.82) is 0 Å². The van der Waals surface area contributed by atoms with Crippen LogP contribution in [0.25, 0.3) is 0 Å². The van der Waals surface area contributed by atoms with Gasteiger partial charge in [-0.3, -0.25) is 14.6 Å². The first kappa shape index (κ1) is 21.0. The van der Waals surface area contributed by atoms with Crippen molar-refractivity contribution in [2.75, 3.05) is 32.7 Å². The highest BCUT2D eigenvalue weighted by Crippen LogP contribution is 2.13. The number of benzene rings is 2. The van der Waals surface area contributed by atoms with Crippen molar-refractivity contribution in [3.63, 3.8) is 0 Å². The Labute approximate surface area is 179 Å². The molecule has 1 N–H and O–H groups in total. The Balaban J connectivity index is 1.41. The molecule has 0 unspecified atom stereocenters. The molecule has 3 rings (SSSR count). The molecule has 0 aliphatic carbocycles. The number of amides is 1. The maximum absolute atomic E-state index is 12.2. The molecular weight excluding hydrogens is 440 g/mol. The number of nitrogens with one attached hydrogen (secondary N) is 1. The van der Waals surface area contributed by atoms with Crippen LogP contribution >= 0.6 is 27.5 Å². The van der Waals surface area contributed by atoms with Crippen molar-refractivity contribution in [1.82, 2.24) is 15.2 Å². The van der Waals surface area contributed by atoms with E-state index in [1.807, 2.05) is 43.3 Å². The van der Waals surface area contributed by atoms with Gasteiger partial charge in [0.15, 0.2) is 0 Å². The van der Waals surface area contributed by atoms with Crippen LogP contribution in [0.1, 0.15) is 18.1 Å². The first-order valence-electron chi connectivity index (χ1n) is 9.28. The van der Waals surface area contributed by atoms with Crippen molar-refractivity contribution in [3.05, 3.63) is 69.2 Å². The SMILES string of the molecule is C/C(=N/NC(=O)CN1CCN(Cc2ccc(Cl)cc2)CC1)c1ccc(Br)cc1. The molecule has 1 aliphatic heterocycles. The van der Waals surface area contributed by atoms with E-state index in [2.05, 4.69) is 48.4 Å². The monoisotopic (exact) mass is 462 g/mol.